The number of nitrogens with zero attached hydrogens (tertiary/aromatic N) is 2. The highest BCUT2D eigenvalue weighted by Crippen LogP contribution is 2.49. The predicted molar refractivity (Wildman–Crippen MR) is 216 cm³/mol. The van der Waals surface area contributed by atoms with Gasteiger partial charge < -0.3 is 0 Å². The molecular weight excluding hydrogens is 631 g/mol. The van der Waals surface area contributed by atoms with Gasteiger partial charge in [-0.05, 0) is 92.0 Å². The normalized spacial score (nSPS) is 15.8. The van der Waals surface area contributed by atoms with Crippen LogP contribution in [0.15, 0.2) is 181 Å². The van der Waals surface area contributed by atoms with Gasteiger partial charge in [-0.15, -0.1) is 0 Å². The summed E-state index contributed by atoms with van der Waals surface area (Å²) in [5.41, 5.74) is 15.9. The van der Waals surface area contributed by atoms with Gasteiger partial charge >= 0.3 is 0 Å². The van der Waals surface area contributed by atoms with Gasteiger partial charge in [0.2, 0.25) is 5.84 Å². The molecule has 7 aromatic carbocycles. The number of amidine groups is 2. The van der Waals surface area contributed by atoms with Crippen LogP contribution in [0, 0.1) is 0 Å². The largest absolute Gasteiger partial charge is 0.268 e. The zero-order valence-corrected chi connectivity index (χ0v) is 29.7. The summed E-state index contributed by atoms with van der Waals surface area (Å²) in [5.74, 6) is 1.95. The molecule has 0 aromatic heterocycles. The fourth-order valence-electron chi connectivity index (χ4n) is 7.96. The second kappa shape index (κ2) is 12.8. The Labute approximate surface area is 306 Å². The first kappa shape index (κ1) is 31.6. The molecule has 250 valence electrons. The minimum absolute atomic E-state index is 0.0348. The molecule has 1 aliphatic heterocycles. The van der Waals surface area contributed by atoms with E-state index < -0.39 is 0 Å². The Kier molecular flexibility index (Phi) is 7.78. The summed E-state index contributed by atoms with van der Waals surface area (Å²) in [6, 6.07) is 63.4. The molecular formula is C49H40N3+. The summed E-state index contributed by atoms with van der Waals surface area (Å²) in [7, 11) is 2.10. The Balaban J connectivity index is 1.08. The van der Waals surface area contributed by atoms with Gasteiger partial charge in [0.25, 0.3) is 12.0 Å². The van der Waals surface area contributed by atoms with Gasteiger partial charge in [0.1, 0.15) is 0 Å². The third-order valence-corrected chi connectivity index (χ3v) is 10.8. The minimum atomic E-state index is -0.242. The fourth-order valence-corrected chi connectivity index (χ4v) is 7.96. The second-order valence-electron chi connectivity index (χ2n) is 14.4. The van der Waals surface area contributed by atoms with Gasteiger partial charge in [0.15, 0.2) is 0 Å². The molecule has 0 radical (unpaired) electrons. The highest BCUT2D eigenvalue weighted by molar-refractivity contribution is 6.04. The van der Waals surface area contributed by atoms with Crippen LogP contribution in [0.2, 0.25) is 0 Å². The summed E-state index contributed by atoms with van der Waals surface area (Å²) in [6.07, 6.45) is -0.242. The van der Waals surface area contributed by atoms with E-state index in [0.717, 1.165) is 33.9 Å². The molecule has 3 heteroatoms. The van der Waals surface area contributed by atoms with E-state index in [2.05, 4.69) is 207 Å². The zero-order valence-electron chi connectivity index (χ0n) is 29.7. The van der Waals surface area contributed by atoms with Crippen LogP contribution in [0.3, 0.4) is 0 Å². The first-order chi connectivity index (χ1) is 25.4. The molecule has 0 saturated heterocycles. The highest BCUT2D eigenvalue weighted by atomic mass is 15.3. The van der Waals surface area contributed by atoms with Gasteiger partial charge in [-0.25, -0.2) is 4.58 Å². The lowest BCUT2D eigenvalue weighted by atomic mass is 9.81. The van der Waals surface area contributed by atoms with Crippen molar-refractivity contribution in [3.63, 3.8) is 0 Å². The van der Waals surface area contributed by atoms with E-state index in [1.54, 1.807) is 0 Å². The molecule has 1 N–H and O–H groups in total. The Morgan fingerprint density at radius 2 is 0.962 bits per heavy atom. The van der Waals surface area contributed by atoms with Crippen LogP contribution in [0.1, 0.15) is 47.8 Å². The molecule has 0 bridgehead atoms. The second-order valence-corrected chi connectivity index (χ2v) is 14.4. The average molecular weight is 671 g/mol. The molecule has 52 heavy (non-hydrogen) atoms. The highest BCUT2D eigenvalue weighted by Gasteiger charge is 2.35. The van der Waals surface area contributed by atoms with Crippen LogP contribution in [0.4, 0.5) is 0 Å². The van der Waals surface area contributed by atoms with Crippen LogP contribution in [-0.2, 0) is 5.41 Å². The molecule has 1 heterocycles. The van der Waals surface area contributed by atoms with E-state index in [4.69, 9.17) is 4.99 Å². The van der Waals surface area contributed by atoms with Crippen molar-refractivity contribution in [1.82, 2.24) is 5.32 Å². The van der Waals surface area contributed by atoms with Crippen LogP contribution >= 0.6 is 0 Å². The lowest BCUT2D eigenvalue weighted by molar-refractivity contribution is -0.375. The number of hydrogen-bond acceptors (Lipinski definition) is 2. The lowest BCUT2D eigenvalue weighted by Crippen LogP contribution is -2.42. The molecule has 0 spiro atoms. The van der Waals surface area contributed by atoms with Crippen LogP contribution in [0.5, 0.6) is 0 Å². The minimum Gasteiger partial charge on any atom is -0.265 e. The molecule has 0 saturated carbocycles. The zero-order chi connectivity index (χ0) is 35.2. The molecule has 1 aliphatic carbocycles. The summed E-state index contributed by atoms with van der Waals surface area (Å²) < 4.78 is 2.18. The van der Waals surface area contributed by atoms with Crippen LogP contribution < -0.4 is 5.32 Å². The van der Waals surface area contributed by atoms with Crippen molar-refractivity contribution < 1.29 is 4.58 Å². The van der Waals surface area contributed by atoms with Crippen molar-refractivity contribution in [1.29, 1.82) is 0 Å². The first-order valence-corrected chi connectivity index (χ1v) is 18.1. The monoisotopic (exact) mass is 670 g/mol. The van der Waals surface area contributed by atoms with E-state index in [1.165, 1.54) is 50.1 Å². The number of rotatable bonds is 6. The fraction of sp³-hybridized carbons (Fsp3) is 0.102. The Morgan fingerprint density at radius 1 is 0.462 bits per heavy atom. The maximum absolute atomic E-state index is 5.36. The standard InChI is InChI=1S/C49H39N3/c1-49(2)44-23-11-10-22-42(44)43-29-28-40(32-45(43)49)38-19-12-18-37(30-38)39-20-13-21-41(31-39)48-51-46(50-47(52(48)3)36-16-8-5-9-17-36)35-26-24-34(25-27-35)33-14-6-4-7-15-33/h4-32,46H,1-3H3/p+1. The molecule has 0 fully saturated rings. The molecule has 1 atom stereocenters. The maximum Gasteiger partial charge on any atom is 0.268 e. The average Bonchev–Trinajstić information content (AvgIpc) is 3.44. The summed E-state index contributed by atoms with van der Waals surface area (Å²) in [5, 5.41) is 3.75. The van der Waals surface area contributed by atoms with Gasteiger partial charge in [-0.3, -0.25) is 5.32 Å². The summed E-state index contributed by atoms with van der Waals surface area (Å²) in [6.45, 7) is 4.68. The summed E-state index contributed by atoms with van der Waals surface area (Å²) >= 11 is 0. The number of hydrogen-bond donors (Lipinski definition) is 1. The third kappa shape index (κ3) is 5.56. The molecule has 0 amide bonds. The Morgan fingerprint density at radius 3 is 1.65 bits per heavy atom. The number of aliphatic imine (C=N–C) groups is 1. The van der Waals surface area contributed by atoms with Gasteiger partial charge in [-0.1, -0.05) is 158 Å². The van der Waals surface area contributed by atoms with Gasteiger partial charge in [-0.2, -0.15) is 0 Å². The topological polar surface area (TPSA) is 27.4 Å². The molecule has 7 aromatic rings. The molecule has 1 unspecified atom stereocenters. The van der Waals surface area contributed by atoms with Crippen LogP contribution in [-0.4, -0.2) is 23.3 Å². The van der Waals surface area contributed by atoms with E-state index >= 15 is 0 Å². The van der Waals surface area contributed by atoms with Crippen molar-refractivity contribution >= 4 is 11.7 Å². The van der Waals surface area contributed by atoms with Crippen molar-refractivity contribution in [2.75, 3.05) is 7.05 Å². The number of fused-ring (bicyclic) bond motifs is 3. The molecule has 3 nitrogen and oxygen atoms in total. The SMILES string of the molecule is C[N+]1=C(c2ccccc2)NC(c2ccc(-c3ccccc3)cc2)N=C1c1cccc(-c2cccc(-c3ccc4c(c3)C(C)(C)c3ccccc3-4)c2)c1. The van der Waals surface area contributed by atoms with Crippen molar-refractivity contribution in [2.45, 2.75) is 25.4 Å². The van der Waals surface area contributed by atoms with Gasteiger partial charge in [0, 0.05) is 16.5 Å². The van der Waals surface area contributed by atoms with E-state index in [-0.39, 0.29) is 11.6 Å². The number of nitrogens with one attached hydrogen (secondary N) is 1. The van der Waals surface area contributed by atoms with E-state index in [9.17, 15) is 0 Å². The van der Waals surface area contributed by atoms with Crippen LogP contribution in [0.25, 0.3) is 44.5 Å². The lowest BCUT2D eigenvalue weighted by Gasteiger charge is -2.22. The van der Waals surface area contributed by atoms with Gasteiger partial charge in [0.05, 0.1) is 12.6 Å². The quantitative estimate of drug-likeness (QED) is 0.175. The molecule has 9 rings (SSSR count). The molecule has 2 aliphatic rings. The third-order valence-electron chi connectivity index (χ3n) is 10.8. The Bertz CT molecular complexity index is 2510. The van der Waals surface area contributed by atoms with Crippen molar-refractivity contribution in [3.8, 4) is 44.5 Å². The first-order valence-electron chi connectivity index (χ1n) is 18.1. The van der Waals surface area contributed by atoms with E-state index in [0.29, 0.717) is 0 Å². The Hall–Kier alpha value is -6.32. The maximum atomic E-state index is 5.36. The smallest absolute Gasteiger partial charge is 0.265 e. The van der Waals surface area contributed by atoms with Crippen molar-refractivity contribution in [2.24, 2.45) is 4.99 Å². The predicted octanol–water partition coefficient (Wildman–Crippen LogP) is 11.1. The van der Waals surface area contributed by atoms with E-state index in [1.807, 2.05) is 0 Å². The van der Waals surface area contributed by atoms with Crippen molar-refractivity contribution in [3.05, 3.63) is 204 Å². The number of benzene rings is 7. The summed E-state index contributed by atoms with van der Waals surface area (Å²) in [4.78, 5) is 5.36.